The third kappa shape index (κ3) is 0.546. The smallest absolute Gasteiger partial charge is 0.186 e. The number of rotatable bonds is 1. The van der Waals surface area contributed by atoms with Gasteiger partial charge in [0.05, 0.1) is 0 Å². The molecule has 0 aromatic rings. The zero-order chi connectivity index (χ0) is 6.27. The quantitative estimate of drug-likeness (QED) is 0.515. The van der Waals surface area contributed by atoms with Crippen molar-refractivity contribution in [2.45, 2.75) is 18.9 Å². The van der Waals surface area contributed by atoms with E-state index in [1.165, 1.54) is 18.3 Å². The van der Waals surface area contributed by atoms with Gasteiger partial charge in [-0.2, -0.15) is 5.10 Å². The van der Waals surface area contributed by atoms with Gasteiger partial charge >= 0.3 is 0 Å². The van der Waals surface area contributed by atoms with E-state index in [0.29, 0.717) is 12.7 Å². The summed E-state index contributed by atoms with van der Waals surface area (Å²) >= 11 is 0. The molecular weight excluding hydrogens is 102 g/mol. The zero-order valence-electron chi connectivity index (χ0n) is 5.62. The molecule has 1 heterocycles. The van der Waals surface area contributed by atoms with Crippen LogP contribution in [0.3, 0.4) is 0 Å². The lowest BCUT2D eigenvalue weighted by molar-refractivity contribution is 0.424. The summed E-state index contributed by atoms with van der Waals surface area (Å²) in [5.41, 5.74) is 1.21. The normalized spacial score (nSPS) is 29.2. The highest BCUT2D eigenvalue weighted by molar-refractivity contribution is 5.57. The van der Waals surface area contributed by atoms with Gasteiger partial charge in [-0.3, -0.25) is 5.42 Å². The Bertz CT molecular complexity index is 143. The van der Waals surface area contributed by atoms with Crippen molar-refractivity contribution in [3.05, 3.63) is 0 Å². The standard InChI is InChI=1S/C5H9N3/c1-2-5(1)8-3-6-7-4-8/h3,5,7H,1-2,4H2/i/hD. The lowest BCUT2D eigenvalue weighted by Crippen LogP contribution is -2.24. The first kappa shape index (κ1) is 3.33. The van der Waals surface area contributed by atoms with E-state index in [1.807, 2.05) is 0 Å². The molecule has 2 rings (SSSR count). The molecule has 0 radical (unpaired) electrons. The van der Waals surface area contributed by atoms with Crippen molar-refractivity contribution < 1.29 is 1.41 Å². The van der Waals surface area contributed by atoms with Crippen LogP contribution in [0.25, 0.3) is 0 Å². The summed E-state index contributed by atoms with van der Waals surface area (Å²) in [4.78, 5) is 2.10. The third-order valence-corrected chi connectivity index (χ3v) is 1.52. The molecule has 1 N–H and O–H groups in total. The van der Waals surface area contributed by atoms with Crippen LogP contribution >= 0.6 is 0 Å². The molecule has 1 aliphatic heterocycles. The fraction of sp³-hybridized carbons (Fsp3) is 0.800. The van der Waals surface area contributed by atoms with Gasteiger partial charge in [0.15, 0.2) is 1.41 Å². The van der Waals surface area contributed by atoms with Crippen LogP contribution in [0.2, 0.25) is 1.41 Å². The average Bonchev–Trinajstić information content (AvgIpc) is 2.58. The van der Waals surface area contributed by atoms with Gasteiger partial charge in [-0.05, 0) is 12.8 Å². The second kappa shape index (κ2) is 1.37. The summed E-state index contributed by atoms with van der Waals surface area (Å²) in [6.45, 7) is 0.657. The second-order valence-corrected chi connectivity index (χ2v) is 2.26. The van der Waals surface area contributed by atoms with E-state index in [1.54, 1.807) is 6.34 Å². The van der Waals surface area contributed by atoms with Crippen LogP contribution in [0.1, 0.15) is 12.8 Å². The topological polar surface area (TPSA) is 27.6 Å². The summed E-state index contributed by atoms with van der Waals surface area (Å²) in [6.07, 6.45) is 4.31. The molecular formula is C5H9N3. The Kier molecular flexibility index (Phi) is 0.570. The first-order chi connectivity index (χ1) is 4.36. The molecule has 0 aromatic carbocycles. The molecule has 0 unspecified atom stereocenters. The van der Waals surface area contributed by atoms with E-state index in [2.05, 4.69) is 10.0 Å². The second-order valence-electron chi connectivity index (χ2n) is 2.26. The van der Waals surface area contributed by atoms with E-state index >= 15 is 0 Å². The Morgan fingerprint density at radius 3 is 3.25 bits per heavy atom. The van der Waals surface area contributed by atoms with E-state index in [4.69, 9.17) is 1.41 Å². The maximum atomic E-state index is 7.08. The van der Waals surface area contributed by atoms with E-state index < -0.39 is 0 Å². The van der Waals surface area contributed by atoms with E-state index in [-0.39, 0.29) is 0 Å². The number of nitrogens with one attached hydrogen (secondary N) is 1. The molecule has 8 heavy (non-hydrogen) atoms. The van der Waals surface area contributed by atoms with Crippen molar-refractivity contribution in [3.8, 4) is 0 Å². The highest BCUT2D eigenvalue weighted by Crippen LogP contribution is 2.25. The minimum Gasteiger partial charge on any atom is -0.339 e. The van der Waals surface area contributed by atoms with Gasteiger partial charge in [0.2, 0.25) is 0 Å². The number of hydrogen-bond acceptors (Lipinski definition) is 3. The lowest BCUT2D eigenvalue weighted by Gasteiger charge is -2.09. The minimum atomic E-state index is 0.657. The van der Waals surface area contributed by atoms with E-state index in [9.17, 15) is 0 Å². The van der Waals surface area contributed by atoms with Crippen LogP contribution in [0.15, 0.2) is 5.10 Å². The molecule has 0 atom stereocenters. The molecule has 0 bridgehead atoms. The Labute approximate surface area is 49.8 Å². The van der Waals surface area contributed by atoms with Crippen LogP contribution in [0.4, 0.5) is 0 Å². The monoisotopic (exact) mass is 112 g/mol. The van der Waals surface area contributed by atoms with Crippen molar-refractivity contribution in [1.82, 2.24) is 10.3 Å². The molecule has 0 amide bonds. The molecule has 3 nitrogen and oxygen atoms in total. The summed E-state index contributed by atoms with van der Waals surface area (Å²) in [5.74, 6) is 0. The first-order valence-electron chi connectivity index (χ1n) is 3.37. The summed E-state index contributed by atoms with van der Waals surface area (Å²) < 4.78 is 7.08. The van der Waals surface area contributed by atoms with Gasteiger partial charge in [-0.1, -0.05) is 0 Å². The maximum Gasteiger partial charge on any atom is 0.186 e. The predicted molar refractivity (Wildman–Crippen MR) is 31.4 cm³/mol. The van der Waals surface area contributed by atoms with Crippen LogP contribution in [0, 0.1) is 0 Å². The van der Waals surface area contributed by atoms with E-state index in [0.717, 1.165) is 0 Å². The van der Waals surface area contributed by atoms with Crippen LogP contribution in [-0.4, -0.2) is 23.9 Å². The van der Waals surface area contributed by atoms with Crippen molar-refractivity contribution in [2.75, 3.05) is 6.67 Å². The summed E-state index contributed by atoms with van der Waals surface area (Å²) in [6, 6.07) is 0.698. The van der Waals surface area contributed by atoms with Crippen LogP contribution in [0.5, 0.6) is 0 Å². The lowest BCUT2D eigenvalue weighted by atomic mass is 10.6. The molecule has 44 valence electrons. The summed E-state index contributed by atoms with van der Waals surface area (Å²) in [5, 5.41) is 3.78. The van der Waals surface area contributed by atoms with Gasteiger partial charge in [0.1, 0.15) is 13.0 Å². The Balaban J connectivity index is 1.94. The molecule has 2 aliphatic rings. The van der Waals surface area contributed by atoms with Gasteiger partial charge < -0.3 is 4.90 Å². The predicted octanol–water partition coefficient (Wildman–Crippen LogP) is -0.0452. The maximum absolute atomic E-state index is 7.08. The molecule has 1 aliphatic carbocycles. The van der Waals surface area contributed by atoms with Gasteiger partial charge in [0.25, 0.3) is 0 Å². The zero-order valence-corrected chi connectivity index (χ0v) is 4.62. The highest BCUT2D eigenvalue weighted by atomic mass is 15.5. The van der Waals surface area contributed by atoms with Gasteiger partial charge in [0, 0.05) is 6.04 Å². The number of hydrogen-bond donors (Lipinski definition) is 1. The number of hydrazone groups is 1. The number of nitrogens with zero attached hydrogens (tertiary/aromatic N) is 2. The van der Waals surface area contributed by atoms with Crippen molar-refractivity contribution >= 4 is 6.34 Å². The molecule has 3 heteroatoms. The van der Waals surface area contributed by atoms with Crippen LogP contribution < -0.4 is 5.42 Å². The molecule has 0 aromatic heterocycles. The highest BCUT2D eigenvalue weighted by Gasteiger charge is 2.28. The van der Waals surface area contributed by atoms with Crippen molar-refractivity contribution in [3.63, 3.8) is 0 Å². The van der Waals surface area contributed by atoms with Crippen molar-refractivity contribution in [2.24, 2.45) is 5.10 Å². The molecule has 0 spiro atoms. The minimum absolute atomic E-state index is 0.657. The van der Waals surface area contributed by atoms with Crippen molar-refractivity contribution in [1.29, 1.82) is 0 Å². The molecule has 1 fully saturated rings. The average molecular weight is 112 g/mol. The molecule has 0 saturated heterocycles. The van der Waals surface area contributed by atoms with Gasteiger partial charge in [-0.15, -0.1) is 0 Å². The Hall–Kier alpha value is -0.730. The largest absolute Gasteiger partial charge is 0.339 e. The third-order valence-electron chi connectivity index (χ3n) is 1.52. The van der Waals surface area contributed by atoms with Gasteiger partial charge in [-0.25, -0.2) is 0 Å². The first-order valence-corrected chi connectivity index (χ1v) is 2.92. The Morgan fingerprint density at radius 1 is 1.88 bits per heavy atom. The Morgan fingerprint density at radius 2 is 2.75 bits per heavy atom. The summed E-state index contributed by atoms with van der Waals surface area (Å²) in [7, 11) is 0. The SMILES string of the molecule is [2H]N1CN(C2CC2)C=N1. The molecule has 1 saturated carbocycles. The van der Waals surface area contributed by atoms with Crippen LogP contribution in [-0.2, 0) is 0 Å². The fourth-order valence-corrected chi connectivity index (χ4v) is 0.865. The fourth-order valence-electron chi connectivity index (χ4n) is 0.865.